The van der Waals surface area contributed by atoms with Gasteiger partial charge >= 0.3 is 0 Å². The molecule has 0 atom stereocenters. The van der Waals surface area contributed by atoms with Crippen molar-refractivity contribution in [2.45, 2.75) is 13.8 Å². The topological polar surface area (TPSA) is 0 Å². The van der Waals surface area contributed by atoms with Crippen molar-refractivity contribution in [1.82, 2.24) is 0 Å². The van der Waals surface area contributed by atoms with Crippen LogP contribution in [0, 0.1) is 13.8 Å². The van der Waals surface area contributed by atoms with Crippen LogP contribution in [-0.4, -0.2) is 0 Å². The molecule has 80 valence electrons. The monoisotopic (exact) mass is 290 g/mol. The molecule has 1 heterocycles. The van der Waals surface area contributed by atoms with Crippen molar-refractivity contribution in [2.75, 3.05) is 0 Å². The summed E-state index contributed by atoms with van der Waals surface area (Å²) in [4.78, 5) is 1.41. The summed E-state index contributed by atoms with van der Waals surface area (Å²) in [5.41, 5.74) is 1.41. The quantitative estimate of drug-likeness (QED) is 0.518. The first-order valence-corrected chi connectivity index (χ1v) is 6.86. The number of hydrogen-bond donors (Lipinski definition) is 0. The van der Waals surface area contributed by atoms with Gasteiger partial charge in [0, 0.05) is 14.0 Å². The maximum absolute atomic E-state index is 3.74. The summed E-state index contributed by atoms with van der Waals surface area (Å²) in [7, 11) is 0. The molecule has 16 heavy (non-hydrogen) atoms. The molecule has 0 fully saturated rings. The van der Waals surface area contributed by atoms with Crippen LogP contribution in [0.4, 0.5) is 0 Å². The van der Waals surface area contributed by atoms with E-state index in [1.165, 1.54) is 35.8 Å². The Labute approximate surface area is 107 Å². The van der Waals surface area contributed by atoms with Gasteiger partial charge in [0.15, 0.2) is 0 Å². The number of fused-ring (bicyclic) bond motifs is 2. The maximum atomic E-state index is 3.74. The summed E-state index contributed by atoms with van der Waals surface area (Å²) in [5, 5.41) is 3.99. The molecule has 0 unspecified atom stereocenters. The molecule has 0 spiro atoms. The molecule has 0 N–H and O–H groups in total. The van der Waals surface area contributed by atoms with Gasteiger partial charge in [-0.15, -0.1) is 11.3 Å². The number of rotatable bonds is 0. The van der Waals surface area contributed by atoms with Crippen molar-refractivity contribution in [1.29, 1.82) is 0 Å². The second-order valence-corrected chi connectivity index (χ2v) is 6.09. The van der Waals surface area contributed by atoms with Gasteiger partial charge in [0.1, 0.15) is 0 Å². The van der Waals surface area contributed by atoms with Crippen LogP contribution in [-0.2, 0) is 0 Å². The van der Waals surface area contributed by atoms with Gasteiger partial charge < -0.3 is 0 Å². The molecule has 2 heteroatoms. The minimum absolute atomic E-state index is 1.24. The van der Waals surface area contributed by atoms with Gasteiger partial charge in [-0.1, -0.05) is 24.3 Å². The molecule has 0 saturated carbocycles. The normalized spacial score (nSPS) is 11.4. The molecule has 3 aromatic rings. The highest BCUT2D eigenvalue weighted by Gasteiger charge is 2.10. The summed E-state index contributed by atoms with van der Waals surface area (Å²) in [5.74, 6) is 0. The highest BCUT2D eigenvalue weighted by atomic mass is 79.9. The lowest BCUT2D eigenvalue weighted by Crippen LogP contribution is -1.76. The first-order chi connectivity index (χ1) is 7.68. The van der Waals surface area contributed by atoms with Crippen molar-refractivity contribution in [2.24, 2.45) is 0 Å². The second kappa shape index (κ2) is 3.57. The molecule has 0 radical (unpaired) electrons. The van der Waals surface area contributed by atoms with Crippen molar-refractivity contribution < 1.29 is 0 Å². The summed E-state index contributed by atoms with van der Waals surface area (Å²) in [6.07, 6.45) is 0. The first kappa shape index (κ1) is 10.3. The molecule has 1 aromatic heterocycles. The Hall–Kier alpha value is -0.860. The van der Waals surface area contributed by atoms with E-state index in [1.54, 1.807) is 0 Å². The Morgan fingerprint density at radius 3 is 2.62 bits per heavy atom. The van der Waals surface area contributed by atoms with Gasteiger partial charge in [0.05, 0.1) is 0 Å². The third-order valence-corrected chi connectivity index (χ3v) is 5.45. The summed E-state index contributed by atoms with van der Waals surface area (Å²) in [6.45, 7) is 4.40. The average molecular weight is 291 g/mol. The average Bonchev–Trinajstić information content (AvgIpc) is 2.58. The highest BCUT2D eigenvalue weighted by Crippen LogP contribution is 2.39. The number of halogens is 1. The number of thiophene rings is 1. The van der Waals surface area contributed by atoms with Crippen molar-refractivity contribution in [3.8, 4) is 0 Å². The Morgan fingerprint density at radius 1 is 1.06 bits per heavy atom. The highest BCUT2D eigenvalue weighted by molar-refractivity contribution is 9.11. The Kier molecular flexibility index (Phi) is 2.30. The maximum Gasteiger partial charge on any atom is 0.0496 e. The smallest absolute Gasteiger partial charge is 0.0496 e. The molecule has 0 amide bonds. The van der Waals surface area contributed by atoms with E-state index >= 15 is 0 Å². The summed E-state index contributed by atoms with van der Waals surface area (Å²) < 4.78 is 2.61. The summed E-state index contributed by atoms with van der Waals surface area (Å²) >= 11 is 5.61. The largest absolute Gasteiger partial charge is 0.139 e. The van der Waals surface area contributed by atoms with Crippen LogP contribution in [0.2, 0.25) is 0 Å². The third-order valence-electron chi connectivity index (χ3n) is 3.13. The third kappa shape index (κ3) is 1.33. The molecule has 0 bridgehead atoms. The van der Waals surface area contributed by atoms with Crippen molar-refractivity contribution >= 4 is 48.1 Å². The molecular weight excluding hydrogens is 280 g/mol. The van der Waals surface area contributed by atoms with E-state index in [0.29, 0.717) is 0 Å². The minimum Gasteiger partial charge on any atom is -0.139 e. The standard InChI is InChI=1S/C14H11BrS/c1-8-9(2)16-14-12(8)7-10-5-3-4-6-11(10)13(14)15/h3-7H,1-2H3. The van der Waals surface area contributed by atoms with Crippen LogP contribution in [0.15, 0.2) is 34.8 Å². The molecular formula is C14H11BrS. The van der Waals surface area contributed by atoms with Gasteiger partial charge in [0.25, 0.3) is 0 Å². The van der Waals surface area contributed by atoms with Crippen LogP contribution < -0.4 is 0 Å². The molecule has 2 aromatic carbocycles. The van der Waals surface area contributed by atoms with Crippen molar-refractivity contribution in [3.63, 3.8) is 0 Å². The van der Waals surface area contributed by atoms with Crippen LogP contribution in [0.3, 0.4) is 0 Å². The molecule has 0 aliphatic heterocycles. The van der Waals surface area contributed by atoms with Crippen LogP contribution in [0.25, 0.3) is 20.9 Å². The summed E-state index contributed by atoms with van der Waals surface area (Å²) in [6, 6.07) is 10.8. The lowest BCUT2D eigenvalue weighted by molar-refractivity contribution is 1.47. The Bertz CT molecular complexity index is 695. The number of aryl methyl sites for hydroxylation is 2. The van der Waals surface area contributed by atoms with Gasteiger partial charge in [0.2, 0.25) is 0 Å². The van der Waals surface area contributed by atoms with E-state index in [9.17, 15) is 0 Å². The lowest BCUT2D eigenvalue weighted by atomic mass is 10.1. The molecule has 0 saturated heterocycles. The minimum atomic E-state index is 1.24. The van der Waals surface area contributed by atoms with E-state index < -0.39 is 0 Å². The Balaban J connectivity index is 2.60. The SMILES string of the molecule is Cc1sc2c(Br)c3ccccc3cc2c1C. The van der Waals surface area contributed by atoms with Crippen LogP contribution in [0.5, 0.6) is 0 Å². The van der Waals surface area contributed by atoms with Gasteiger partial charge in [-0.3, -0.25) is 0 Å². The molecule has 0 aliphatic carbocycles. The van der Waals surface area contributed by atoms with Crippen LogP contribution in [0.1, 0.15) is 10.4 Å². The molecule has 3 rings (SSSR count). The van der Waals surface area contributed by atoms with E-state index in [-0.39, 0.29) is 0 Å². The predicted octanol–water partition coefficient (Wildman–Crippen LogP) is 5.43. The number of hydrogen-bond acceptors (Lipinski definition) is 1. The van der Waals surface area contributed by atoms with E-state index in [1.807, 2.05) is 11.3 Å². The van der Waals surface area contributed by atoms with E-state index in [0.717, 1.165) is 0 Å². The fraction of sp³-hybridized carbons (Fsp3) is 0.143. The zero-order chi connectivity index (χ0) is 11.3. The molecule has 0 aliphatic rings. The second-order valence-electron chi connectivity index (χ2n) is 4.07. The molecule has 0 nitrogen and oxygen atoms in total. The van der Waals surface area contributed by atoms with Crippen LogP contribution >= 0.6 is 27.3 Å². The Morgan fingerprint density at radius 2 is 1.81 bits per heavy atom. The zero-order valence-electron chi connectivity index (χ0n) is 9.17. The van der Waals surface area contributed by atoms with Crippen molar-refractivity contribution in [3.05, 3.63) is 45.2 Å². The first-order valence-electron chi connectivity index (χ1n) is 5.25. The lowest BCUT2D eigenvalue weighted by Gasteiger charge is -2.02. The fourth-order valence-electron chi connectivity index (χ4n) is 2.08. The van der Waals surface area contributed by atoms with Gasteiger partial charge in [-0.2, -0.15) is 0 Å². The van der Waals surface area contributed by atoms with E-state index in [4.69, 9.17) is 0 Å². The zero-order valence-corrected chi connectivity index (χ0v) is 11.6. The fourth-order valence-corrected chi connectivity index (χ4v) is 3.99. The van der Waals surface area contributed by atoms with E-state index in [2.05, 4.69) is 60.1 Å². The number of benzene rings is 2. The van der Waals surface area contributed by atoms with Gasteiger partial charge in [-0.05, 0) is 57.6 Å². The predicted molar refractivity (Wildman–Crippen MR) is 76.5 cm³/mol. The van der Waals surface area contributed by atoms with Gasteiger partial charge in [-0.25, -0.2) is 0 Å².